The number of nitrogens with one attached hydrogen (secondary N) is 1. The molecule has 1 aliphatic heterocycles. The first-order valence-corrected chi connectivity index (χ1v) is 8.71. The smallest absolute Gasteiger partial charge is 0.387 e. The van der Waals surface area contributed by atoms with Crippen molar-refractivity contribution in [3.63, 3.8) is 0 Å². The van der Waals surface area contributed by atoms with E-state index in [9.17, 15) is 13.6 Å². The first-order chi connectivity index (χ1) is 12.6. The quantitative estimate of drug-likeness (QED) is 0.860. The summed E-state index contributed by atoms with van der Waals surface area (Å²) in [6, 6.07) is 13.6. The van der Waals surface area contributed by atoms with Gasteiger partial charge in [0.2, 0.25) is 5.91 Å². The van der Waals surface area contributed by atoms with Crippen molar-refractivity contribution in [3.05, 3.63) is 64.7 Å². The zero-order valence-corrected chi connectivity index (χ0v) is 14.8. The van der Waals surface area contributed by atoms with Gasteiger partial charge in [-0.15, -0.1) is 0 Å². The lowest BCUT2D eigenvalue weighted by Gasteiger charge is -2.37. The average Bonchev–Trinajstić information content (AvgIpc) is 2.63. The number of hydrogen-bond donors (Lipinski definition) is 1. The number of alkyl halides is 2. The third-order valence-corrected chi connectivity index (χ3v) is 4.70. The molecular weight excluding hydrogens is 362 g/mol. The highest BCUT2D eigenvalue weighted by Crippen LogP contribution is 2.30. The molecule has 1 N–H and O–H groups in total. The van der Waals surface area contributed by atoms with E-state index in [0.717, 1.165) is 5.56 Å². The molecule has 1 aliphatic rings. The molecule has 26 heavy (non-hydrogen) atoms. The summed E-state index contributed by atoms with van der Waals surface area (Å²) in [5.74, 6) is -0.123. The Balaban J connectivity index is 1.81. The number of carbonyl (C=O) groups is 1. The largest absolute Gasteiger partial charge is 0.435 e. The van der Waals surface area contributed by atoms with Gasteiger partial charge < -0.3 is 15.0 Å². The molecule has 1 unspecified atom stereocenters. The number of nitrogens with zero attached hydrogens (tertiary/aromatic N) is 1. The first kappa shape index (κ1) is 18.6. The molecule has 0 bridgehead atoms. The van der Waals surface area contributed by atoms with Crippen molar-refractivity contribution in [2.24, 2.45) is 0 Å². The molecule has 4 nitrogen and oxygen atoms in total. The van der Waals surface area contributed by atoms with E-state index >= 15 is 0 Å². The van der Waals surface area contributed by atoms with Gasteiger partial charge in [-0.2, -0.15) is 8.78 Å². The van der Waals surface area contributed by atoms with Gasteiger partial charge in [0.15, 0.2) is 0 Å². The Morgan fingerprint density at radius 1 is 1.23 bits per heavy atom. The van der Waals surface area contributed by atoms with Crippen molar-refractivity contribution in [1.29, 1.82) is 0 Å². The lowest BCUT2D eigenvalue weighted by molar-refractivity contribution is -0.134. The molecule has 1 atom stereocenters. The Bertz CT molecular complexity index is 773. The number of para-hydroxylation sites is 1. The van der Waals surface area contributed by atoms with Crippen molar-refractivity contribution in [2.75, 3.05) is 19.6 Å². The summed E-state index contributed by atoms with van der Waals surface area (Å²) in [6.45, 7) is -1.15. The molecular formula is C19H19ClF2N2O2. The molecule has 1 saturated heterocycles. The molecule has 0 aliphatic carbocycles. The van der Waals surface area contributed by atoms with Crippen molar-refractivity contribution in [3.8, 4) is 5.75 Å². The molecule has 2 aromatic carbocycles. The van der Waals surface area contributed by atoms with Gasteiger partial charge in [-0.25, -0.2) is 0 Å². The molecule has 0 spiro atoms. The molecule has 1 fully saturated rings. The molecule has 1 heterocycles. The van der Waals surface area contributed by atoms with Gasteiger partial charge in [0.05, 0.1) is 12.5 Å². The fourth-order valence-corrected chi connectivity index (χ4v) is 3.41. The van der Waals surface area contributed by atoms with E-state index in [-0.39, 0.29) is 24.1 Å². The lowest BCUT2D eigenvalue weighted by atomic mass is 10.0. The van der Waals surface area contributed by atoms with Gasteiger partial charge in [0.1, 0.15) is 5.75 Å². The van der Waals surface area contributed by atoms with Crippen LogP contribution in [0.15, 0.2) is 48.5 Å². The van der Waals surface area contributed by atoms with Crippen LogP contribution >= 0.6 is 11.6 Å². The maximum absolute atomic E-state index is 12.9. The summed E-state index contributed by atoms with van der Waals surface area (Å²) in [7, 11) is 0. The van der Waals surface area contributed by atoms with Crippen LogP contribution in [-0.2, 0) is 11.2 Å². The van der Waals surface area contributed by atoms with Crippen molar-refractivity contribution in [2.45, 2.75) is 19.1 Å². The Labute approximate surface area is 155 Å². The van der Waals surface area contributed by atoms with E-state index in [2.05, 4.69) is 10.1 Å². The highest BCUT2D eigenvalue weighted by molar-refractivity contribution is 6.31. The van der Waals surface area contributed by atoms with Gasteiger partial charge in [0.25, 0.3) is 0 Å². The van der Waals surface area contributed by atoms with Crippen LogP contribution in [0.2, 0.25) is 5.02 Å². The number of ether oxygens (including phenoxy) is 1. The summed E-state index contributed by atoms with van der Waals surface area (Å²) in [6.07, 6.45) is -0.0101. The Morgan fingerprint density at radius 2 is 1.96 bits per heavy atom. The van der Waals surface area contributed by atoms with Crippen molar-refractivity contribution >= 4 is 17.5 Å². The van der Waals surface area contributed by atoms with Crippen molar-refractivity contribution < 1.29 is 18.3 Å². The Morgan fingerprint density at radius 3 is 2.73 bits per heavy atom. The predicted molar refractivity (Wildman–Crippen MR) is 95.6 cm³/mol. The van der Waals surface area contributed by atoms with Gasteiger partial charge in [0, 0.05) is 30.2 Å². The maximum atomic E-state index is 12.9. The third kappa shape index (κ3) is 4.31. The number of benzene rings is 2. The van der Waals surface area contributed by atoms with Crippen LogP contribution in [0, 0.1) is 0 Å². The minimum atomic E-state index is -2.93. The van der Waals surface area contributed by atoms with E-state index in [1.807, 2.05) is 18.2 Å². The summed E-state index contributed by atoms with van der Waals surface area (Å²) < 4.78 is 29.7. The van der Waals surface area contributed by atoms with Crippen LogP contribution in [0.3, 0.4) is 0 Å². The van der Waals surface area contributed by atoms with Gasteiger partial charge in [-0.3, -0.25) is 4.79 Å². The fourth-order valence-electron chi connectivity index (χ4n) is 3.15. The first-order valence-electron chi connectivity index (χ1n) is 8.33. The zero-order chi connectivity index (χ0) is 18.5. The third-order valence-electron chi connectivity index (χ3n) is 4.36. The number of rotatable bonds is 5. The minimum Gasteiger partial charge on any atom is -0.435 e. The molecule has 0 radical (unpaired) electrons. The number of hydrogen-bond acceptors (Lipinski definition) is 3. The standard InChI is InChI=1S/C19H19ClF2N2O2/c20-15-7-3-2-6-14(15)16-12-23-9-10-24(16)18(25)11-13-5-1-4-8-17(13)26-19(21)22/h1-8,16,19,23H,9-12H2. The second-order valence-electron chi connectivity index (χ2n) is 5.99. The summed E-state index contributed by atoms with van der Waals surface area (Å²) in [5, 5.41) is 3.87. The van der Waals surface area contributed by atoms with Crippen LogP contribution in [-0.4, -0.2) is 37.1 Å². The second kappa shape index (κ2) is 8.47. The van der Waals surface area contributed by atoms with Crippen LogP contribution in [0.1, 0.15) is 17.2 Å². The number of carbonyl (C=O) groups excluding carboxylic acids is 1. The van der Waals surface area contributed by atoms with E-state index in [1.54, 1.807) is 29.2 Å². The zero-order valence-electron chi connectivity index (χ0n) is 14.0. The van der Waals surface area contributed by atoms with Crippen LogP contribution in [0.4, 0.5) is 8.78 Å². The van der Waals surface area contributed by atoms with E-state index in [4.69, 9.17) is 11.6 Å². The van der Waals surface area contributed by atoms with Crippen LogP contribution < -0.4 is 10.1 Å². The summed E-state index contributed by atoms with van der Waals surface area (Å²) in [4.78, 5) is 14.7. The van der Waals surface area contributed by atoms with Crippen LogP contribution in [0.5, 0.6) is 5.75 Å². The monoisotopic (exact) mass is 380 g/mol. The number of halogens is 3. The summed E-state index contributed by atoms with van der Waals surface area (Å²) in [5.41, 5.74) is 1.31. The molecule has 3 rings (SSSR count). The van der Waals surface area contributed by atoms with Crippen molar-refractivity contribution in [1.82, 2.24) is 10.2 Å². The molecule has 1 amide bonds. The molecule has 138 valence electrons. The normalized spacial score (nSPS) is 17.4. The maximum Gasteiger partial charge on any atom is 0.387 e. The minimum absolute atomic E-state index is 0.0101. The highest BCUT2D eigenvalue weighted by Gasteiger charge is 2.29. The van der Waals surface area contributed by atoms with Gasteiger partial charge in [-0.1, -0.05) is 48.0 Å². The second-order valence-corrected chi connectivity index (χ2v) is 6.40. The SMILES string of the molecule is O=C(Cc1ccccc1OC(F)F)N1CCNCC1c1ccccc1Cl. The highest BCUT2D eigenvalue weighted by atomic mass is 35.5. The lowest BCUT2D eigenvalue weighted by Crippen LogP contribution is -2.49. The van der Waals surface area contributed by atoms with E-state index < -0.39 is 6.61 Å². The van der Waals surface area contributed by atoms with E-state index in [1.165, 1.54) is 6.07 Å². The van der Waals surface area contributed by atoms with Crippen LogP contribution in [0.25, 0.3) is 0 Å². The molecule has 2 aromatic rings. The molecule has 0 aromatic heterocycles. The number of amides is 1. The Kier molecular flexibility index (Phi) is 6.06. The predicted octanol–water partition coefficient (Wildman–Crippen LogP) is 3.66. The van der Waals surface area contributed by atoms with E-state index in [0.29, 0.717) is 30.2 Å². The average molecular weight is 381 g/mol. The van der Waals surface area contributed by atoms with Gasteiger partial charge >= 0.3 is 6.61 Å². The molecule has 7 heteroatoms. The molecule has 0 saturated carbocycles. The number of piperazine rings is 1. The topological polar surface area (TPSA) is 41.6 Å². The van der Waals surface area contributed by atoms with Gasteiger partial charge in [-0.05, 0) is 17.7 Å². The Hall–Kier alpha value is -2.18. The fraction of sp³-hybridized carbons (Fsp3) is 0.316. The summed E-state index contributed by atoms with van der Waals surface area (Å²) >= 11 is 6.30.